The molecule has 0 radical (unpaired) electrons. The number of unbranched alkanes of at least 4 members (excludes halogenated alkanes) is 1. The topological polar surface area (TPSA) is 87.5 Å². The first kappa shape index (κ1) is 24.8. The molecule has 0 saturated carbocycles. The van der Waals surface area contributed by atoms with Crippen LogP contribution >= 0.6 is 15.9 Å². The van der Waals surface area contributed by atoms with Crippen molar-refractivity contribution in [1.29, 1.82) is 0 Å². The standard InChI is InChI=1S/C26H29BrN4O4/c1-5-6-10-34-25(32)22-17(3)30-26-28-15-29-31(26)23(22)19-12-20(27)24(21(13-19)33-4)35-14-18-9-7-8-16(2)11-18/h7-9,11-13,15,23H,5-6,10,14H2,1-4H3,(H,28,29,30)/t23-/m0/s1. The highest BCUT2D eigenvalue weighted by molar-refractivity contribution is 9.10. The lowest BCUT2D eigenvalue weighted by Gasteiger charge is -2.29. The molecule has 8 nitrogen and oxygen atoms in total. The number of carbonyl (C=O) groups is 1. The minimum absolute atomic E-state index is 0.363. The zero-order valence-electron chi connectivity index (χ0n) is 20.3. The average molecular weight is 541 g/mol. The van der Waals surface area contributed by atoms with E-state index in [2.05, 4.69) is 44.3 Å². The number of aromatic nitrogens is 3. The Morgan fingerprint density at radius 3 is 2.80 bits per heavy atom. The highest BCUT2D eigenvalue weighted by Gasteiger charge is 2.35. The molecule has 2 heterocycles. The fourth-order valence-corrected chi connectivity index (χ4v) is 4.62. The van der Waals surface area contributed by atoms with Crippen LogP contribution < -0.4 is 14.8 Å². The van der Waals surface area contributed by atoms with Crippen molar-refractivity contribution in [3.63, 3.8) is 0 Å². The van der Waals surface area contributed by atoms with Crippen LogP contribution in [0.2, 0.25) is 0 Å². The molecule has 9 heteroatoms. The summed E-state index contributed by atoms with van der Waals surface area (Å²) in [6.07, 6.45) is 3.20. The molecule has 1 aliphatic rings. The molecule has 2 aromatic carbocycles. The number of nitrogens with one attached hydrogen (secondary N) is 1. The van der Waals surface area contributed by atoms with E-state index >= 15 is 0 Å². The number of carbonyl (C=O) groups excluding carboxylic acids is 1. The van der Waals surface area contributed by atoms with Gasteiger partial charge in [0.25, 0.3) is 0 Å². The lowest BCUT2D eigenvalue weighted by Crippen LogP contribution is -2.30. The third-order valence-electron chi connectivity index (χ3n) is 5.78. The van der Waals surface area contributed by atoms with E-state index in [1.54, 1.807) is 11.8 Å². The zero-order chi connectivity index (χ0) is 24.9. The molecule has 35 heavy (non-hydrogen) atoms. The van der Waals surface area contributed by atoms with Gasteiger partial charge < -0.3 is 19.5 Å². The van der Waals surface area contributed by atoms with Gasteiger partial charge in [-0.15, -0.1) is 0 Å². The molecule has 1 atom stereocenters. The van der Waals surface area contributed by atoms with Crippen molar-refractivity contribution >= 4 is 27.8 Å². The maximum absolute atomic E-state index is 13.1. The van der Waals surface area contributed by atoms with Gasteiger partial charge in [-0.1, -0.05) is 43.2 Å². The third-order valence-corrected chi connectivity index (χ3v) is 6.37. The Hall–Kier alpha value is -3.33. The molecule has 184 valence electrons. The molecule has 0 unspecified atom stereocenters. The molecule has 0 spiro atoms. The monoisotopic (exact) mass is 540 g/mol. The molecule has 1 aromatic heterocycles. The maximum Gasteiger partial charge on any atom is 0.338 e. The minimum atomic E-state index is -0.543. The largest absolute Gasteiger partial charge is 0.493 e. The van der Waals surface area contributed by atoms with Gasteiger partial charge in [-0.2, -0.15) is 10.1 Å². The van der Waals surface area contributed by atoms with Crippen LogP contribution in [0.1, 0.15) is 49.4 Å². The summed E-state index contributed by atoms with van der Waals surface area (Å²) in [5, 5.41) is 7.54. The minimum Gasteiger partial charge on any atom is -0.493 e. The number of benzene rings is 2. The van der Waals surface area contributed by atoms with Gasteiger partial charge in [0, 0.05) is 5.70 Å². The first-order valence-electron chi connectivity index (χ1n) is 11.5. The van der Waals surface area contributed by atoms with Gasteiger partial charge in [0.1, 0.15) is 19.0 Å². The number of allylic oxidation sites excluding steroid dienone is 1. The van der Waals surface area contributed by atoms with E-state index < -0.39 is 6.04 Å². The number of esters is 1. The fourth-order valence-electron chi connectivity index (χ4n) is 4.05. The summed E-state index contributed by atoms with van der Waals surface area (Å²) in [6.45, 7) is 6.70. The van der Waals surface area contributed by atoms with E-state index in [4.69, 9.17) is 14.2 Å². The molecule has 0 fully saturated rings. The second-order valence-electron chi connectivity index (χ2n) is 8.40. The molecule has 1 aliphatic heterocycles. The Morgan fingerprint density at radius 1 is 1.23 bits per heavy atom. The lowest BCUT2D eigenvalue weighted by molar-refractivity contribution is -0.139. The Bertz CT molecular complexity index is 1250. The maximum atomic E-state index is 13.1. The highest BCUT2D eigenvalue weighted by atomic mass is 79.9. The number of aryl methyl sites for hydroxylation is 1. The normalized spacial score (nSPS) is 14.8. The van der Waals surface area contributed by atoms with Crippen molar-refractivity contribution in [2.75, 3.05) is 19.0 Å². The van der Waals surface area contributed by atoms with E-state index in [0.29, 0.717) is 46.4 Å². The number of rotatable bonds is 9. The number of anilines is 1. The summed E-state index contributed by atoms with van der Waals surface area (Å²) in [4.78, 5) is 17.4. The number of halogens is 1. The summed E-state index contributed by atoms with van der Waals surface area (Å²) in [5.74, 6) is 1.29. The van der Waals surface area contributed by atoms with E-state index in [1.165, 1.54) is 11.9 Å². The summed E-state index contributed by atoms with van der Waals surface area (Å²) >= 11 is 3.65. The predicted molar refractivity (Wildman–Crippen MR) is 137 cm³/mol. The van der Waals surface area contributed by atoms with Crippen LogP contribution in [0.25, 0.3) is 0 Å². The smallest absolute Gasteiger partial charge is 0.338 e. The van der Waals surface area contributed by atoms with Crippen molar-refractivity contribution in [1.82, 2.24) is 14.8 Å². The molecule has 0 bridgehead atoms. The average Bonchev–Trinajstić information content (AvgIpc) is 3.30. The number of hydrogen-bond donors (Lipinski definition) is 1. The second kappa shape index (κ2) is 10.9. The van der Waals surface area contributed by atoms with Crippen LogP contribution in [0.3, 0.4) is 0 Å². The van der Waals surface area contributed by atoms with Gasteiger partial charge in [-0.25, -0.2) is 9.48 Å². The molecule has 4 rings (SSSR count). The van der Waals surface area contributed by atoms with E-state index in [9.17, 15) is 4.79 Å². The van der Waals surface area contributed by atoms with Crippen molar-refractivity contribution in [2.24, 2.45) is 0 Å². The van der Waals surface area contributed by atoms with E-state index in [1.807, 2.05) is 44.2 Å². The summed E-state index contributed by atoms with van der Waals surface area (Å²) in [5.41, 5.74) is 4.16. The van der Waals surface area contributed by atoms with Gasteiger partial charge in [0.2, 0.25) is 5.95 Å². The first-order valence-corrected chi connectivity index (χ1v) is 12.3. The molecular weight excluding hydrogens is 512 g/mol. The Morgan fingerprint density at radius 2 is 2.06 bits per heavy atom. The van der Waals surface area contributed by atoms with Gasteiger partial charge in [0.05, 0.1) is 23.8 Å². The number of hydrogen-bond acceptors (Lipinski definition) is 7. The van der Waals surface area contributed by atoms with Crippen LogP contribution in [-0.2, 0) is 16.1 Å². The number of methoxy groups -OCH3 is 1. The van der Waals surface area contributed by atoms with E-state index in [0.717, 1.165) is 24.0 Å². The molecule has 0 saturated heterocycles. The van der Waals surface area contributed by atoms with Crippen molar-refractivity contribution in [3.8, 4) is 11.5 Å². The van der Waals surface area contributed by atoms with Crippen LogP contribution in [0.5, 0.6) is 11.5 Å². The highest BCUT2D eigenvalue weighted by Crippen LogP contribution is 2.43. The van der Waals surface area contributed by atoms with Crippen molar-refractivity contribution in [3.05, 3.63) is 75.2 Å². The Labute approximate surface area is 213 Å². The lowest BCUT2D eigenvalue weighted by atomic mass is 9.95. The second-order valence-corrected chi connectivity index (χ2v) is 9.25. The van der Waals surface area contributed by atoms with Crippen LogP contribution in [0, 0.1) is 6.92 Å². The molecular formula is C26H29BrN4O4. The molecule has 0 amide bonds. The summed E-state index contributed by atoms with van der Waals surface area (Å²) in [7, 11) is 1.59. The summed E-state index contributed by atoms with van der Waals surface area (Å²) in [6, 6.07) is 11.4. The van der Waals surface area contributed by atoms with Crippen LogP contribution in [0.15, 0.2) is 58.5 Å². The van der Waals surface area contributed by atoms with Gasteiger partial charge in [0.15, 0.2) is 11.5 Å². The molecule has 0 aliphatic carbocycles. The number of ether oxygens (including phenoxy) is 3. The van der Waals surface area contributed by atoms with Gasteiger partial charge in [-0.3, -0.25) is 0 Å². The third kappa shape index (κ3) is 5.35. The van der Waals surface area contributed by atoms with E-state index in [-0.39, 0.29) is 5.97 Å². The molecule has 3 aromatic rings. The van der Waals surface area contributed by atoms with Crippen molar-refractivity contribution in [2.45, 2.75) is 46.3 Å². The van der Waals surface area contributed by atoms with Crippen LogP contribution in [0.4, 0.5) is 5.95 Å². The Kier molecular flexibility index (Phi) is 7.75. The predicted octanol–water partition coefficient (Wildman–Crippen LogP) is 5.57. The quantitative estimate of drug-likeness (QED) is 0.280. The fraction of sp³-hybridized carbons (Fsp3) is 0.346. The Balaban J connectivity index is 1.70. The molecule has 1 N–H and O–H groups in total. The number of fused-ring (bicyclic) bond motifs is 1. The van der Waals surface area contributed by atoms with Crippen molar-refractivity contribution < 1.29 is 19.0 Å². The summed E-state index contributed by atoms with van der Waals surface area (Å²) < 4.78 is 19.8. The SMILES string of the molecule is CCCCOC(=O)C1=C(C)Nc2ncnn2[C@H]1c1cc(Br)c(OCc2cccc(C)c2)c(OC)c1. The zero-order valence-corrected chi connectivity index (χ0v) is 21.9. The van der Waals surface area contributed by atoms with Gasteiger partial charge in [-0.05, 0) is 59.5 Å². The van der Waals surface area contributed by atoms with Crippen LogP contribution in [-0.4, -0.2) is 34.5 Å². The van der Waals surface area contributed by atoms with Gasteiger partial charge >= 0.3 is 5.97 Å². The number of nitrogens with zero attached hydrogens (tertiary/aromatic N) is 3. The first-order chi connectivity index (χ1) is 16.9.